The number of carboxylic acid groups (broad SMARTS) is 1. The van der Waals surface area contributed by atoms with Crippen molar-refractivity contribution in [1.82, 2.24) is 14.9 Å². The Balaban J connectivity index is 1.92. The number of aliphatic carboxylic acids is 1. The van der Waals surface area contributed by atoms with Gasteiger partial charge in [-0.25, -0.2) is 9.78 Å². The van der Waals surface area contributed by atoms with E-state index in [1.54, 1.807) is 24.5 Å². The highest BCUT2D eigenvalue weighted by molar-refractivity contribution is 7.99. The fraction of sp³-hybridized carbons (Fsp3) is 0.250. The number of thioether (sulfide) groups is 1. The summed E-state index contributed by atoms with van der Waals surface area (Å²) in [4.78, 5) is 31.8. The normalized spacial score (nSPS) is 18.9. The standard InChI is InChI=1S/C12H11N3O3S/c16-11(15-6-19-4-10(15)12(17)18)7-1-2-8-9(3-7)14-5-13-8/h1-3,5,10H,4,6H2,(H,13,14)(H,17,18)/t10-/m0/s1. The maximum atomic E-state index is 12.3. The summed E-state index contributed by atoms with van der Waals surface area (Å²) in [5.74, 6) is -0.362. The molecular weight excluding hydrogens is 266 g/mol. The van der Waals surface area contributed by atoms with Crippen LogP contribution < -0.4 is 0 Å². The van der Waals surface area contributed by atoms with Crippen molar-refractivity contribution >= 4 is 34.7 Å². The van der Waals surface area contributed by atoms with E-state index in [0.717, 1.165) is 11.0 Å². The predicted octanol–water partition coefficient (Wildman–Crippen LogP) is 1.16. The molecule has 1 aliphatic heterocycles. The number of fused-ring (bicyclic) bond motifs is 1. The van der Waals surface area contributed by atoms with E-state index in [4.69, 9.17) is 5.11 Å². The van der Waals surface area contributed by atoms with Gasteiger partial charge in [0, 0.05) is 11.3 Å². The van der Waals surface area contributed by atoms with E-state index in [2.05, 4.69) is 9.97 Å². The van der Waals surface area contributed by atoms with Crippen LogP contribution in [0.1, 0.15) is 10.4 Å². The molecule has 3 rings (SSSR count). The molecule has 2 N–H and O–H groups in total. The molecule has 0 saturated carbocycles. The number of H-pyrrole nitrogens is 1. The zero-order valence-electron chi connectivity index (χ0n) is 9.87. The Kier molecular flexibility index (Phi) is 2.90. The molecule has 2 aromatic rings. The second-order valence-electron chi connectivity index (χ2n) is 4.26. The molecule has 0 bridgehead atoms. The Morgan fingerprint density at radius 1 is 1.47 bits per heavy atom. The summed E-state index contributed by atoms with van der Waals surface area (Å²) in [6.07, 6.45) is 1.56. The van der Waals surface area contributed by atoms with Gasteiger partial charge in [-0.2, -0.15) is 0 Å². The molecule has 7 heteroatoms. The number of hydrogen-bond donors (Lipinski definition) is 2. The van der Waals surface area contributed by atoms with Crippen LogP contribution in [0, 0.1) is 0 Å². The number of carbonyl (C=O) groups excluding carboxylic acids is 1. The van der Waals surface area contributed by atoms with Crippen LogP contribution in [-0.2, 0) is 4.79 Å². The van der Waals surface area contributed by atoms with Gasteiger partial charge in [-0.05, 0) is 18.2 Å². The summed E-state index contributed by atoms with van der Waals surface area (Å²) in [5, 5.41) is 9.09. The predicted molar refractivity (Wildman–Crippen MR) is 71.0 cm³/mol. The van der Waals surface area contributed by atoms with Gasteiger partial charge in [-0.3, -0.25) is 4.79 Å². The lowest BCUT2D eigenvalue weighted by Gasteiger charge is -2.20. The van der Waals surface area contributed by atoms with Gasteiger partial charge >= 0.3 is 5.97 Å². The average Bonchev–Trinajstić information content (AvgIpc) is 3.05. The summed E-state index contributed by atoms with van der Waals surface area (Å²) >= 11 is 1.45. The van der Waals surface area contributed by atoms with Crippen LogP contribution in [0.25, 0.3) is 11.0 Å². The maximum absolute atomic E-state index is 12.3. The minimum absolute atomic E-state index is 0.256. The molecular formula is C12H11N3O3S. The molecule has 1 aromatic heterocycles. The Morgan fingerprint density at radius 2 is 2.32 bits per heavy atom. The van der Waals surface area contributed by atoms with Crippen molar-refractivity contribution in [2.45, 2.75) is 6.04 Å². The van der Waals surface area contributed by atoms with Gasteiger partial charge in [0.2, 0.25) is 0 Å². The third-order valence-corrected chi connectivity index (χ3v) is 4.11. The number of aromatic nitrogens is 2. The van der Waals surface area contributed by atoms with Crippen molar-refractivity contribution in [3.05, 3.63) is 30.1 Å². The minimum atomic E-state index is -0.957. The number of nitrogens with zero attached hydrogens (tertiary/aromatic N) is 2. The highest BCUT2D eigenvalue weighted by Crippen LogP contribution is 2.24. The molecule has 1 aliphatic rings. The number of benzene rings is 1. The second-order valence-corrected chi connectivity index (χ2v) is 5.26. The van der Waals surface area contributed by atoms with Crippen molar-refractivity contribution in [3.8, 4) is 0 Å². The van der Waals surface area contributed by atoms with Crippen LogP contribution in [-0.4, -0.2) is 49.5 Å². The van der Waals surface area contributed by atoms with Gasteiger partial charge < -0.3 is 15.0 Å². The fourth-order valence-corrected chi connectivity index (χ4v) is 3.23. The van der Waals surface area contributed by atoms with Crippen molar-refractivity contribution < 1.29 is 14.7 Å². The summed E-state index contributed by atoms with van der Waals surface area (Å²) in [6.45, 7) is 0. The zero-order valence-corrected chi connectivity index (χ0v) is 10.7. The van der Waals surface area contributed by atoms with Crippen molar-refractivity contribution in [2.24, 2.45) is 0 Å². The molecule has 1 amide bonds. The smallest absolute Gasteiger partial charge is 0.327 e. The fourth-order valence-electron chi connectivity index (χ4n) is 2.08. The Bertz CT molecular complexity index is 654. The van der Waals surface area contributed by atoms with Crippen LogP contribution in [0.3, 0.4) is 0 Å². The van der Waals surface area contributed by atoms with Gasteiger partial charge in [-0.1, -0.05) is 0 Å². The van der Waals surface area contributed by atoms with Crippen LogP contribution in [0.4, 0.5) is 0 Å². The van der Waals surface area contributed by atoms with Crippen molar-refractivity contribution in [1.29, 1.82) is 0 Å². The van der Waals surface area contributed by atoms with Crippen LogP contribution >= 0.6 is 11.8 Å². The monoisotopic (exact) mass is 277 g/mol. The first kappa shape index (κ1) is 12.0. The SMILES string of the molecule is O=C(O)[C@@H]1CSCN1C(=O)c1ccc2nc[nH]c2c1. The molecule has 2 heterocycles. The Morgan fingerprint density at radius 3 is 3.11 bits per heavy atom. The molecule has 1 aromatic carbocycles. The van der Waals surface area contributed by atoms with Gasteiger partial charge in [0.15, 0.2) is 0 Å². The maximum Gasteiger partial charge on any atom is 0.327 e. The average molecular weight is 277 g/mol. The first-order chi connectivity index (χ1) is 9.16. The number of carbonyl (C=O) groups is 2. The number of aromatic amines is 1. The second kappa shape index (κ2) is 4.58. The molecule has 6 nitrogen and oxygen atoms in total. The van der Waals surface area contributed by atoms with Crippen LogP contribution in [0.15, 0.2) is 24.5 Å². The van der Waals surface area contributed by atoms with Gasteiger partial charge in [0.1, 0.15) is 6.04 Å². The number of rotatable bonds is 2. The summed E-state index contributed by atoms with van der Waals surface area (Å²) in [6, 6.07) is 4.38. The number of imidazole rings is 1. The molecule has 0 aliphatic carbocycles. The first-order valence-electron chi connectivity index (χ1n) is 5.71. The lowest BCUT2D eigenvalue weighted by molar-refractivity contribution is -0.140. The van der Waals surface area contributed by atoms with E-state index in [1.807, 2.05) is 0 Å². The molecule has 19 heavy (non-hydrogen) atoms. The number of carboxylic acids is 1. The molecule has 0 radical (unpaired) electrons. The highest BCUT2D eigenvalue weighted by atomic mass is 32.2. The van der Waals surface area contributed by atoms with E-state index in [9.17, 15) is 9.59 Å². The van der Waals surface area contributed by atoms with Crippen molar-refractivity contribution in [2.75, 3.05) is 11.6 Å². The van der Waals surface area contributed by atoms with E-state index in [0.29, 0.717) is 17.2 Å². The molecule has 0 unspecified atom stereocenters. The number of hydrogen-bond acceptors (Lipinski definition) is 4. The quantitative estimate of drug-likeness (QED) is 0.860. The first-order valence-corrected chi connectivity index (χ1v) is 6.87. The van der Waals surface area contributed by atoms with E-state index in [-0.39, 0.29) is 5.91 Å². The number of nitrogens with one attached hydrogen (secondary N) is 1. The molecule has 0 spiro atoms. The largest absolute Gasteiger partial charge is 0.480 e. The van der Waals surface area contributed by atoms with Gasteiger partial charge in [-0.15, -0.1) is 11.8 Å². The summed E-state index contributed by atoms with van der Waals surface area (Å²) in [5.41, 5.74) is 2.03. The molecule has 98 valence electrons. The highest BCUT2D eigenvalue weighted by Gasteiger charge is 2.35. The lowest BCUT2D eigenvalue weighted by Crippen LogP contribution is -2.41. The van der Waals surface area contributed by atoms with Crippen LogP contribution in [0.2, 0.25) is 0 Å². The van der Waals surface area contributed by atoms with Crippen LogP contribution in [0.5, 0.6) is 0 Å². The third kappa shape index (κ3) is 2.06. The summed E-state index contributed by atoms with van der Waals surface area (Å²) < 4.78 is 0. The summed E-state index contributed by atoms with van der Waals surface area (Å²) in [7, 11) is 0. The Labute approximate surface area is 112 Å². The topological polar surface area (TPSA) is 86.3 Å². The molecule has 1 atom stereocenters. The van der Waals surface area contributed by atoms with Gasteiger partial charge in [0.05, 0.1) is 23.2 Å². The van der Waals surface area contributed by atoms with E-state index in [1.165, 1.54) is 16.7 Å². The Hall–Kier alpha value is -2.02. The zero-order chi connectivity index (χ0) is 13.4. The lowest BCUT2D eigenvalue weighted by atomic mass is 10.1. The van der Waals surface area contributed by atoms with E-state index >= 15 is 0 Å². The molecule has 1 fully saturated rings. The number of amides is 1. The third-order valence-electron chi connectivity index (χ3n) is 3.10. The van der Waals surface area contributed by atoms with E-state index < -0.39 is 12.0 Å². The molecule has 1 saturated heterocycles. The van der Waals surface area contributed by atoms with Crippen molar-refractivity contribution in [3.63, 3.8) is 0 Å². The minimum Gasteiger partial charge on any atom is -0.480 e. The van der Waals surface area contributed by atoms with Gasteiger partial charge in [0.25, 0.3) is 5.91 Å².